The number of rotatable bonds is 2. The number of aromatic carboxylic acids is 1. The predicted octanol–water partition coefficient (Wildman–Crippen LogP) is 2.65. The summed E-state index contributed by atoms with van der Waals surface area (Å²) in [6.45, 7) is 3.94. The molecule has 0 unspecified atom stereocenters. The molecule has 1 aliphatic carbocycles. The molecule has 1 heterocycles. The van der Waals surface area contributed by atoms with Gasteiger partial charge in [-0.15, -0.1) is 0 Å². The van der Waals surface area contributed by atoms with Crippen molar-refractivity contribution >= 4 is 16.9 Å². The topological polar surface area (TPSA) is 59.3 Å². The van der Waals surface area contributed by atoms with Crippen LogP contribution in [0.25, 0.3) is 10.9 Å². The summed E-state index contributed by atoms with van der Waals surface area (Å²) in [4.78, 5) is 23.4. The number of carbonyl (C=O) groups is 1. The van der Waals surface area contributed by atoms with E-state index in [1.807, 2.05) is 24.5 Å². The summed E-state index contributed by atoms with van der Waals surface area (Å²) < 4.78 is 1.95. The Balaban J connectivity index is 2.45. The molecule has 0 saturated heterocycles. The van der Waals surface area contributed by atoms with Crippen molar-refractivity contribution in [2.24, 2.45) is 0 Å². The van der Waals surface area contributed by atoms with Gasteiger partial charge in [-0.1, -0.05) is 0 Å². The van der Waals surface area contributed by atoms with Crippen molar-refractivity contribution in [1.29, 1.82) is 0 Å². The third-order valence-electron chi connectivity index (χ3n) is 3.82. The van der Waals surface area contributed by atoms with Crippen LogP contribution in [0.3, 0.4) is 0 Å². The monoisotopic (exact) mass is 257 g/mol. The lowest BCUT2D eigenvalue weighted by atomic mass is 10.0. The van der Waals surface area contributed by atoms with E-state index >= 15 is 0 Å². The second-order valence-corrected chi connectivity index (χ2v) is 5.27. The average molecular weight is 257 g/mol. The molecule has 1 aromatic heterocycles. The summed E-state index contributed by atoms with van der Waals surface area (Å²) in [6.07, 6.45) is 3.59. The fraction of sp³-hybridized carbons (Fsp3) is 0.333. The Hall–Kier alpha value is -2.10. The van der Waals surface area contributed by atoms with Gasteiger partial charge in [-0.3, -0.25) is 4.79 Å². The maximum Gasteiger partial charge on any atom is 0.341 e. The molecular weight excluding hydrogens is 242 g/mol. The summed E-state index contributed by atoms with van der Waals surface area (Å²) >= 11 is 0. The van der Waals surface area contributed by atoms with E-state index in [4.69, 9.17) is 5.11 Å². The van der Waals surface area contributed by atoms with Gasteiger partial charge in [0.25, 0.3) is 0 Å². The van der Waals surface area contributed by atoms with E-state index in [1.54, 1.807) is 6.07 Å². The molecular formula is C15H15NO3. The van der Waals surface area contributed by atoms with Crippen LogP contribution < -0.4 is 5.43 Å². The molecule has 98 valence electrons. The molecule has 4 nitrogen and oxygen atoms in total. The molecule has 1 N–H and O–H groups in total. The number of carboxylic acid groups (broad SMARTS) is 1. The Bertz CT molecular complexity index is 754. The van der Waals surface area contributed by atoms with Crippen LogP contribution in [0.1, 0.15) is 40.4 Å². The van der Waals surface area contributed by atoms with Crippen molar-refractivity contribution in [3.05, 3.63) is 45.2 Å². The molecule has 3 rings (SSSR count). The quantitative estimate of drug-likeness (QED) is 0.899. The number of aryl methyl sites for hydroxylation is 2. The molecule has 1 fully saturated rings. The number of hydrogen-bond acceptors (Lipinski definition) is 2. The molecule has 1 saturated carbocycles. The summed E-state index contributed by atoms with van der Waals surface area (Å²) in [5.74, 6) is -1.15. The van der Waals surface area contributed by atoms with Gasteiger partial charge in [0, 0.05) is 17.6 Å². The number of fused-ring (bicyclic) bond motifs is 1. The zero-order valence-electron chi connectivity index (χ0n) is 10.9. The van der Waals surface area contributed by atoms with Crippen molar-refractivity contribution in [3.63, 3.8) is 0 Å². The number of carboxylic acids is 1. The molecule has 0 bridgehead atoms. The second kappa shape index (κ2) is 3.95. The number of nitrogens with zero attached hydrogens (tertiary/aromatic N) is 1. The normalized spacial score (nSPS) is 14.8. The van der Waals surface area contributed by atoms with Gasteiger partial charge in [-0.05, 0) is 49.9 Å². The highest BCUT2D eigenvalue weighted by Crippen LogP contribution is 2.37. The Morgan fingerprint density at radius 2 is 1.89 bits per heavy atom. The lowest BCUT2D eigenvalue weighted by molar-refractivity contribution is 0.0695. The van der Waals surface area contributed by atoms with E-state index in [1.165, 1.54) is 6.20 Å². The summed E-state index contributed by atoms with van der Waals surface area (Å²) in [5.41, 5.74) is 2.45. The minimum Gasteiger partial charge on any atom is -0.477 e. The zero-order chi connectivity index (χ0) is 13.7. The van der Waals surface area contributed by atoms with Crippen LogP contribution in [0.4, 0.5) is 0 Å². The molecule has 0 radical (unpaired) electrons. The van der Waals surface area contributed by atoms with E-state index in [2.05, 4.69) is 0 Å². The molecule has 2 aromatic rings. The first-order chi connectivity index (χ1) is 8.99. The fourth-order valence-electron chi connectivity index (χ4n) is 2.42. The Kier molecular flexibility index (Phi) is 2.49. The third kappa shape index (κ3) is 1.84. The van der Waals surface area contributed by atoms with E-state index in [-0.39, 0.29) is 11.0 Å². The highest BCUT2D eigenvalue weighted by atomic mass is 16.4. The molecule has 19 heavy (non-hydrogen) atoms. The van der Waals surface area contributed by atoms with Crippen LogP contribution in [-0.2, 0) is 0 Å². The fourth-order valence-corrected chi connectivity index (χ4v) is 2.42. The Morgan fingerprint density at radius 1 is 1.26 bits per heavy atom. The van der Waals surface area contributed by atoms with Gasteiger partial charge in [0.05, 0.1) is 5.52 Å². The first kappa shape index (κ1) is 12.0. The molecule has 0 aliphatic heterocycles. The van der Waals surface area contributed by atoms with Crippen LogP contribution in [0.2, 0.25) is 0 Å². The van der Waals surface area contributed by atoms with Crippen LogP contribution in [0, 0.1) is 13.8 Å². The summed E-state index contributed by atoms with van der Waals surface area (Å²) in [6, 6.07) is 4.12. The average Bonchev–Trinajstić information content (AvgIpc) is 3.16. The number of hydrogen-bond donors (Lipinski definition) is 1. The Morgan fingerprint density at radius 3 is 2.47 bits per heavy atom. The van der Waals surface area contributed by atoms with Crippen molar-refractivity contribution in [3.8, 4) is 0 Å². The van der Waals surface area contributed by atoms with E-state index in [0.29, 0.717) is 11.4 Å². The van der Waals surface area contributed by atoms with Crippen LogP contribution in [-0.4, -0.2) is 15.6 Å². The van der Waals surface area contributed by atoms with Crippen molar-refractivity contribution < 1.29 is 9.90 Å². The largest absolute Gasteiger partial charge is 0.477 e. The molecule has 0 amide bonds. The van der Waals surface area contributed by atoms with Gasteiger partial charge in [0.2, 0.25) is 5.43 Å². The first-order valence-electron chi connectivity index (χ1n) is 6.38. The summed E-state index contributed by atoms with van der Waals surface area (Å²) in [5, 5.41) is 9.67. The zero-order valence-corrected chi connectivity index (χ0v) is 10.9. The third-order valence-corrected chi connectivity index (χ3v) is 3.82. The molecule has 1 aromatic carbocycles. The Labute approximate surface area is 110 Å². The predicted molar refractivity (Wildman–Crippen MR) is 72.9 cm³/mol. The van der Waals surface area contributed by atoms with Crippen LogP contribution in [0.15, 0.2) is 23.1 Å². The van der Waals surface area contributed by atoms with E-state index in [0.717, 1.165) is 29.5 Å². The van der Waals surface area contributed by atoms with Crippen molar-refractivity contribution in [1.82, 2.24) is 4.57 Å². The second-order valence-electron chi connectivity index (χ2n) is 5.27. The lowest BCUT2D eigenvalue weighted by Gasteiger charge is -2.13. The SMILES string of the molecule is Cc1cc2c(=O)c(C(=O)O)cn(C3CC3)c2cc1C. The highest BCUT2D eigenvalue weighted by Gasteiger charge is 2.26. The van der Waals surface area contributed by atoms with Gasteiger partial charge >= 0.3 is 5.97 Å². The maximum atomic E-state index is 12.2. The number of pyridine rings is 1. The van der Waals surface area contributed by atoms with Crippen LogP contribution in [0.5, 0.6) is 0 Å². The van der Waals surface area contributed by atoms with Gasteiger partial charge in [0.15, 0.2) is 0 Å². The van der Waals surface area contributed by atoms with Gasteiger partial charge in [-0.2, -0.15) is 0 Å². The minimum atomic E-state index is -1.15. The molecule has 4 heteroatoms. The smallest absolute Gasteiger partial charge is 0.341 e. The standard InChI is InChI=1S/C15H15NO3/c1-8-5-11-13(6-9(8)2)16(10-3-4-10)7-12(14(11)17)15(18)19/h5-7,10H,3-4H2,1-2H3,(H,18,19). The first-order valence-corrected chi connectivity index (χ1v) is 6.38. The number of aromatic nitrogens is 1. The van der Waals surface area contributed by atoms with Crippen LogP contribution >= 0.6 is 0 Å². The maximum absolute atomic E-state index is 12.2. The molecule has 0 atom stereocenters. The van der Waals surface area contributed by atoms with Crippen molar-refractivity contribution in [2.45, 2.75) is 32.7 Å². The lowest BCUT2D eigenvalue weighted by Crippen LogP contribution is -2.18. The molecule has 0 spiro atoms. The highest BCUT2D eigenvalue weighted by molar-refractivity contribution is 5.93. The van der Waals surface area contributed by atoms with Crippen molar-refractivity contribution in [2.75, 3.05) is 0 Å². The van der Waals surface area contributed by atoms with Gasteiger partial charge < -0.3 is 9.67 Å². The van der Waals surface area contributed by atoms with E-state index in [9.17, 15) is 9.59 Å². The van der Waals surface area contributed by atoms with Gasteiger partial charge in [-0.25, -0.2) is 4.79 Å². The minimum absolute atomic E-state index is 0.136. The van der Waals surface area contributed by atoms with E-state index < -0.39 is 5.97 Å². The summed E-state index contributed by atoms with van der Waals surface area (Å²) in [7, 11) is 0. The van der Waals surface area contributed by atoms with Gasteiger partial charge in [0.1, 0.15) is 5.56 Å². The molecule has 1 aliphatic rings. The number of benzene rings is 1.